The van der Waals surface area contributed by atoms with Gasteiger partial charge >= 0.3 is 0 Å². The molecule has 108 valence electrons. The molecule has 2 aromatic rings. The molecule has 0 fully saturated rings. The Labute approximate surface area is 123 Å². The molecule has 1 atom stereocenters. The average Bonchev–Trinajstić information content (AvgIpc) is 2.75. The largest absolute Gasteiger partial charge is 0.358 e. The maximum absolute atomic E-state index is 11.7. The molecule has 0 saturated carbocycles. The van der Waals surface area contributed by atoms with E-state index in [2.05, 4.69) is 9.71 Å². The number of halogens is 1. The number of hydrogen-bond acceptors (Lipinski definition) is 2. The molecule has 20 heavy (non-hydrogen) atoms. The molecule has 1 heterocycles. The van der Waals surface area contributed by atoms with Crippen molar-refractivity contribution in [3.8, 4) is 0 Å². The van der Waals surface area contributed by atoms with E-state index in [1.165, 1.54) is 11.3 Å². The van der Waals surface area contributed by atoms with Crippen LogP contribution in [0.4, 0.5) is 0 Å². The summed E-state index contributed by atoms with van der Waals surface area (Å²) in [5, 5.41) is 1.85. The SMILES string of the molecule is CCS(=O)(=O)NC1CCc2[nH]c3cc(Cl)ccc3c2C1. The first-order valence-corrected chi connectivity index (χ1v) is 8.80. The summed E-state index contributed by atoms with van der Waals surface area (Å²) in [5.74, 6) is 0.125. The first kappa shape index (κ1) is 13.9. The van der Waals surface area contributed by atoms with E-state index in [0.717, 1.165) is 30.2 Å². The van der Waals surface area contributed by atoms with E-state index in [1.807, 2.05) is 18.2 Å². The van der Waals surface area contributed by atoms with Gasteiger partial charge in [0.25, 0.3) is 0 Å². The van der Waals surface area contributed by atoms with Crippen LogP contribution in [0, 0.1) is 0 Å². The highest BCUT2D eigenvalue weighted by Gasteiger charge is 2.25. The summed E-state index contributed by atoms with van der Waals surface area (Å²) in [5.41, 5.74) is 3.45. The quantitative estimate of drug-likeness (QED) is 0.915. The van der Waals surface area contributed by atoms with Crippen molar-refractivity contribution in [3.05, 3.63) is 34.5 Å². The van der Waals surface area contributed by atoms with Crippen molar-refractivity contribution in [2.75, 3.05) is 5.75 Å². The molecule has 4 nitrogen and oxygen atoms in total. The molecule has 0 aliphatic heterocycles. The Bertz CT molecular complexity index is 752. The number of hydrogen-bond donors (Lipinski definition) is 2. The van der Waals surface area contributed by atoms with Gasteiger partial charge in [0.15, 0.2) is 0 Å². The summed E-state index contributed by atoms with van der Waals surface area (Å²) in [6.07, 6.45) is 2.42. The van der Waals surface area contributed by atoms with E-state index < -0.39 is 10.0 Å². The van der Waals surface area contributed by atoms with Crippen LogP contribution in [0.3, 0.4) is 0 Å². The molecule has 0 amide bonds. The third-order valence-corrected chi connectivity index (χ3v) is 5.56. The number of aromatic nitrogens is 1. The van der Waals surface area contributed by atoms with Crippen LogP contribution in [-0.2, 0) is 22.9 Å². The van der Waals surface area contributed by atoms with Crippen LogP contribution in [0.25, 0.3) is 10.9 Å². The molecular formula is C14H17ClN2O2S. The first-order valence-electron chi connectivity index (χ1n) is 6.77. The van der Waals surface area contributed by atoms with Crippen LogP contribution in [0.5, 0.6) is 0 Å². The second-order valence-corrected chi connectivity index (χ2v) is 7.71. The second-order valence-electron chi connectivity index (χ2n) is 5.23. The van der Waals surface area contributed by atoms with Gasteiger partial charge in [0, 0.05) is 27.7 Å². The molecule has 1 aromatic carbocycles. The van der Waals surface area contributed by atoms with Crippen LogP contribution in [0.1, 0.15) is 24.6 Å². The lowest BCUT2D eigenvalue weighted by molar-refractivity contribution is 0.507. The van der Waals surface area contributed by atoms with Gasteiger partial charge in [-0.15, -0.1) is 0 Å². The summed E-state index contributed by atoms with van der Waals surface area (Å²) in [4.78, 5) is 3.39. The Hall–Kier alpha value is -1.04. The highest BCUT2D eigenvalue weighted by Crippen LogP contribution is 2.30. The molecule has 3 rings (SSSR count). The van der Waals surface area contributed by atoms with Crippen molar-refractivity contribution in [2.45, 2.75) is 32.2 Å². The summed E-state index contributed by atoms with van der Waals surface area (Å²) < 4.78 is 26.2. The van der Waals surface area contributed by atoms with E-state index in [9.17, 15) is 8.42 Å². The fraction of sp³-hybridized carbons (Fsp3) is 0.429. The van der Waals surface area contributed by atoms with Crippen LogP contribution in [-0.4, -0.2) is 25.2 Å². The lowest BCUT2D eigenvalue weighted by atomic mass is 9.92. The normalized spacial score (nSPS) is 19.2. The van der Waals surface area contributed by atoms with E-state index in [-0.39, 0.29) is 11.8 Å². The molecule has 1 aliphatic rings. The Morgan fingerprint density at radius 3 is 3.00 bits per heavy atom. The fourth-order valence-electron chi connectivity index (χ4n) is 2.84. The van der Waals surface area contributed by atoms with E-state index in [0.29, 0.717) is 5.02 Å². The van der Waals surface area contributed by atoms with E-state index in [1.54, 1.807) is 6.92 Å². The second kappa shape index (κ2) is 5.06. The van der Waals surface area contributed by atoms with Crippen LogP contribution in [0.15, 0.2) is 18.2 Å². The molecule has 0 spiro atoms. The van der Waals surface area contributed by atoms with Crippen LogP contribution >= 0.6 is 11.6 Å². The van der Waals surface area contributed by atoms with Crippen LogP contribution < -0.4 is 4.72 Å². The van der Waals surface area contributed by atoms with Gasteiger partial charge in [-0.3, -0.25) is 0 Å². The van der Waals surface area contributed by atoms with Crippen molar-refractivity contribution < 1.29 is 8.42 Å². The maximum Gasteiger partial charge on any atom is 0.211 e. The third kappa shape index (κ3) is 2.57. The number of benzene rings is 1. The fourth-order valence-corrected chi connectivity index (χ4v) is 3.88. The minimum absolute atomic E-state index is 0.0119. The minimum atomic E-state index is -3.15. The summed E-state index contributed by atoms with van der Waals surface area (Å²) >= 11 is 6.01. The predicted molar refractivity (Wildman–Crippen MR) is 81.7 cm³/mol. The van der Waals surface area contributed by atoms with Gasteiger partial charge in [-0.05, 0) is 43.9 Å². The van der Waals surface area contributed by atoms with Gasteiger partial charge in [0.2, 0.25) is 10.0 Å². The van der Waals surface area contributed by atoms with Crippen molar-refractivity contribution in [3.63, 3.8) is 0 Å². The molecule has 0 bridgehead atoms. The molecule has 0 saturated heterocycles. The monoisotopic (exact) mass is 312 g/mol. The number of aromatic amines is 1. The molecule has 0 radical (unpaired) electrons. The number of nitrogens with one attached hydrogen (secondary N) is 2. The van der Waals surface area contributed by atoms with Gasteiger partial charge in [-0.2, -0.15) is 0 Å². The molecule has 6 heteroatoms. The van der Waals surface area contributed by atoms with Crippen molar-refractivity contribution in [2.24, 2.45) is 0 Å². The number of sulfonamides is 1. The lowest BCUT2D eigenvalue weighted by Gasteiger charge is -2.23. The minimum Gasteiger partial charge on any atom is -0.358 e. The average molecular weight is 313 g/mol. The lowest BCUT2D eigenvalue weighted by Crippen LogP contribution is -2.39. The highest BCUT2D eigenvalue weighted by molar-refractivity contribution is 7.89. The van der Waals surface area contributed by atoms with Gasteiger partial charge in [0.05, 0.1) is 5.75 Å². The maximum atomic E-state index is 11.7. The standard InChI is InChI=1S/C14H17ClN2O2S/c1-2-20(18,19)17-10-4-6-13-12(8-10)11-5-3-9(15)7-14(11)16-13/h3,5,7,10,16-17H,2,4,6,8H2,1H3. The Kier molecular flexibility index (Phi) is 3.52. The molecule has 1 aromatic heterocycles. The number of H-pyrrole nitrogens is 1. The summed E-state index contributed by atoms with van der Waals surface area (Å²) in [7, 11) is -3.15. The Balaban J connectivity index is 1.92. The van der Waals surface area contributed by atoms with E-state index in [4.69, 9.17) is 11.6 Å². The first-order chi connectivity index (χ1) is 9.48. The molecular weight excluding hydrogens is 296 g/mol. The summed E-state index contributed by atoms with van der Waals surface area (Å²) in [6, 6.07) is 5.78. The Morgan fingerprint density at radius 1 is 1.45 bits per heavy atom. The molecule has 2 N–H and O–H groups in total. The van der Waals surface area contributed by atoms with Crippen LogP contribution in [0.2, 0.25) is 5.02 Å². The van der Waals surface area contributed by atoms with Gasteiger partial charge < -0.3 is 4.98 Å². The number of aryl methyl sites for hydroxylation is 1. The molecule has 1 unspecified atom stereocenters. The van der Waals surface area contributed by atoms with Gasteiger partial charge in [-0.1, -0.05) is 17.7 Å². The Morgan fingerprint density at radius 2 is 2.25 bits per heavy atom. The highest BCUT2D eigenvalue weighted by atomic mass is 35.5. The molecule has 1 aliphatic carbocycles. The smallest absolute Gasteiger partial charge is 0.211 e. The van der Waals surface area contributed by atoms with Gasteiger partial charge in [0.1, 0.15) is 0 Å². The van der Waals surface area contributed by atoms with Crippen molar-refractivity contribution in [1.82, 2.24) is 9.71 Å². The third-order valence-electron chi connectivity index (χ3n) is 3.88. The number of rotatable bonds is 3. The zero-order valence-corrected chi connectivity index (χ0v) is 12.8. The van der Waals surface area contributed by atoms with Crippen molar-refractivity contribution in [1.29, 1.82) is 0 Å². The number of fused-ring (bicyclic) bond motifs is 3. The predicted octanol–water partition coefficient (Wildman–Crippen LogP) is 2.62. The van der Waals surface area contributed by atoms with Crippen molar-refractivity contribution >= 4 is 32.5 Å². The topological polar surface area (TPSA) is 62.0 Å². The zero-order valence-electron chi connectivity index (χ0n) is 11.2. The zero-order chi connectivity index (χ0) is 14.3. The summed E-state index contributed by atoms with van der Waals surface area (Å²) in [6.45, 7) is 1.66. The van der Waals surface area contributed by atoms with Gasteiger partial charge in [-0.25, -0.2) is 13.1 Å². The van der Waals surface area contributed by atoms with E-state index >= 15 is 0 Å².